The van der Waals surface area contributed by atoms with E-state index in [-0.39, 0.29) is 11.8 Å². The molecule has 0 saturated heterocycles. The summed E-state index contributed by atoms with van der Waals surface area (Å²) in [5, 5.41) is 12.2. The lowest BCUT2D eigenvalue weighted by Crippen LogP contribution is -2.23. The van der Waals surface area contributed by atoms with Crippen molar-refractivity contribution in [1.29, 1.82) is 0 Å². The van der Waals surface area contributed by atoms with Crippen molar-refractivity contribution >= 4 is 35.0 Å². The van der Waals surface area contributed by atoms with Crippen LogP contribution in [-0.2, 0) is 11.3 Å². The first kappa shape index (κ1) is 17.6. The van der Waals surface area contributed by atoms with Gasteiger partial charge in [0, 0.05) is 5.22 Å². The molecule has 3 aromatic rings. The third-order valence-electron chi connectivity index (χ3n) is 4.45. The molecule has 1 aromatic heterocycles. The Bertz CT molecular complexity index is 1240. The molecule has 2 heterocycles. The van der Waals surface area contributed by atoms with Crippen LogP contribution >= 0.6 is 23.6 Å². The first-order chi connectivity index (χ1) is 13.0. The van der Waals surface area contributed by atoms with Crippen LogP contribution < -0.4 is 15.3 Å². The summed E-state index contributed by atoms with van der Waals surface area (Å²) in [6.07, 6.45) is 0. The number of nitrogens with zero attached hydrogens (tertiary/aromatic N) is 2. The lowest BCUT2D eigenvalue weighted by atomic mass is 10.1. The first-order valence-corrected chi connectivity index (χ1v) is 9.50. The standard InChI is InChI=1S/C20H16N2O3S2/c1-11-3-8-15-14(9-11)16(18(23)21-15)17-19(24)22(20(26)27-17)10-12-4-6-13(25-2)7-5-12/h3-9,24H,10H2,1-2H3. The molecule has 5 nitrogen and oxygen atoms in total. The molecule has 1 amide bonds. The average Bonchev–Trinajstić information content (AvgIpc) is 3.12. The molecule has 1 N–H and O–H groups in total. The molecule has 0 fully saturated rings. The number of benzene rings is 2. The molecule has 7 heteroatoms. The van der Waals surface area contributed by atoms with Gasteiger partial charge in [0.1, 0.15) is 10.6 Å². The maximum Gasteiger partial charge on any atom is 0.279 e. The van der Waals surface area contributed by atoms with Crippen LogP contribution in [0.15, 0.2) is 47.5 Å². The zero-order valence-corrected chi connectivity index (χ0v) is 16.4. The van der Waals surface area contributed by atoms with Gasteiger partial charge in [-0.2, -0.15) is 0 Å². The zero-order chi connectivity index (χ0) is 19.1. The smallest absolute Gasteiger partial charge is 0.279 e. The second kappa shape index (κ2) is 6.75. The molecule has 0 aliphatic carbocycles. The maximum absolute atomic E-state index is 12.5. The number of methoxy groups -OCH3 is 1. The highest BCUT2D eigenvalue weighted by atomic mass is 32.1. The number of carbonyl (C=O) groups is 1. The van der Waals surface area contributed by atoms with Crippen molar-refractivity contribution in [3.05, 3.63) is 73.0 Å². The minimum absolute atomic E-state index is 0.00581. The fourth-order valence-corrected chi connectivity index (χ4v) is 4.40. The van der Waals surface area contributed by atoms with Crippen LogP contribution in [0.1, 0.15) is 16.0 Å². The van der Waals surface area contributed by atoms with Crippen LogP contribution in [0.3, 0.4) is 0 Å². The van der Waals surface area contributed by atoms with Crippen LogP contribution in [-0.4, -0.2) is 22.7 Å². The van der Waals surface area contributed by atoms with Crippen molar-refractivity contribution in [2.75, 3.05) is 7.11 Å². The third kappa shape index (κ3) is 3.09. The largest absolute Gasteiger partial charge is 0.497 e. The average molecular weight is 396 g/mol. The number of hydrogen-bond donors (Lipinski definition) is 1. The number of aromatic nitrogens is 1. The monoisotopic (exact) mass is 396 g/mol. The lowest BCUT2D eigenvalue weighted by Gasteiger charge is -2.07. The molecular weight excluding hydrogens is 380 g/mol. The number of carbonyl (C=O) groups excluding carboxylic acids is 1. The Morgan fingerprint density at radius 1 is 1.22 bits per heavy atom. The van der Waals surface area contributed by atoms with E-state index < -0.39 is 0 Å². The summed E-state index contributed by atoms with van der Waals surface area (Å²) in [5.74, 6) is 0.408. The van der Waals surface area contributed by atoms with Crippen molar-refractivity contribution in [2.24, 2.45) is 4.99 Å². The minimum atomic E-state index is -0.348. The quantitative estimate of drug-likeness (QED) is 0.689. The maximum atomic E-state index is 12.5. The number of rotatable bonds is 4. The molecule has 1 aliphatic heterocycles. The zero-order valence-electron chi connectivity index (χ0n) is 14.7. The highest BCUT2D eigenvalue weighted by Gasteiger charge is 2.25. The summed E-state index contributed by atoms with van der Waals surface area (Å²) >= 11 is 6.67. The van der Waals surface area contributed by atoms with E-state index >= 15 is 0 Å². The normalized spacial score (nSPS) is 12.8. The van der Waals surface area contributed by atoms with Crippen LogP contribution in [0.5, 0.6) is 11.6 Å². The highest BCUT2D eigenvalue weighted by molar-refractivity contribution is 7.73. The Labute approximate surface area is 164 Å². The van der Waals surface area contributed by atoms with E-state index in [0.717, 1.165) is 22.1 Å². The Morgan fingerprint density at radius 3 is 2.67 bits per heavy atom. The van der Waals surface area contributed by atoms with Crippen molar-refractivity contribution < 1.29 is 14.6 Å². The SMILES string of the molecule is COc1ccc(Cn2c(O)c(C3=c4cc(C)ccc4=NC3=O)sc2=S)cc1. The molecule has 136 valence electrons. The molecule has 27 heavy (non-hydrogen) atoms. The van der Waals surface area contributed by atoms with Gasteiger partial charge in [-0.15, -0.1) is 11.3 Å². The summed E-state index contributed by atoms with van der Waals surface area (Å²) in [4.78, 5) is 17.0. The predicted octanol–water partition coefficient (Wildman–Crippen LogP) is 2.71. The van der Waals surface area contributed by atoms with Gasteiger partial charge >= 0.3 is 0 Å². The highest BCUT2D eigenvalue weighted by Crippen LogP contribution is 2.33. The van der Waals surface area contributed by atoms with E-state index in [0.29, 0.717) is 26.3 Å². The molecule has 0 radical (unpaired) electrons. The Kier molecular flexibility index (Phi) is 4.41. The third-order valence-corrected chi connectivity index (χ3v) is 5.91. The number of aryl methyl sites for hydroxylation is 1. The van der Waals surface area contributed by atoms with Gasteiger partial charge in [0.25, 0.3) is 5.91 Å². The van der Waals surface area contributed by atoms with E-state index in [1.54, 1.807) is 11.7 Å². The Morgan fingerprint density at radius 2 is 1.96 bits per heavy atom. The molecule has 4 rings (SSSR count). The molecule has 0 spiro atoms. The molecule has 0 saturated carbocycles. The van der Waals surface area contributed by atoms with Gasteiger partial charge in [0.2, 0.25) is 5.88 Å². The van der Waals surface area contributed by atoms with Crippen LogP contribution in [0, 0.1) is 10.9 Å². The van der Waals surface area contributed by atoms with Crippen LogP contribution in [0.25, 0.3) is 5.57 Å². The number of hydrogen-bond acceptors (Lipinski definition) is 5. The minimum Gasteiger partial charge on any atom is -0.497 e. The molecular formula is C20H16N2O3S2. The van der Waals surface area contributed by atoms with Crippen molar-refractivity contribution in [3.8, 4) is 11.6 Å². The summed E-state index contributed by atoms with van der Waals surface area (Å²) in [6.45, 7) is 2.36. The number of amides is 1. The topological polar surface area (TPSA) is 63.8 Å². The van der Waals surface area contributed by atoms with Gasteiger partial charge in [-0.1, -0.05) is 23.8 Å². The molecule has 0 bridgehead atoms. The van der Waals surface area contributed by atoms with Gasteiger partial charge < -0.3 is 9.84 Å². The van der Waals surface area contributed by atoms with E-state index in [4.69, 9.17) is 17.0 Å². The van der Waals surface area contributed by atoms with Crippen molar-refractivity contribution in [2.45, 2.75) is 13.5 Å². The van der Waals surface area contributed by atoms with Crippen molar-refractivity contribution in [1.82, 2.24) is 4.57 Å². The van der Waals surface area contributed by atoms with Gasteiger partial charge in [0.05, 0.1) is 24.6 Å². The van der Waals surface area contributed by atoms with E-state index in [9.17, 15) is 9.90 Å². The fourth-order valence-electron chi connectivity index (χ4n) is 3.06. The molecule has 2 aromatic carbocycles. The number of fused-ring (bicyclic) bond motifs is 1. The summed E-state index contributed by atoms with van der Waals surface area (Å²) in [5.41, 5.74) is 2.41. The first-order valence-electron chi connectivity index (χ1n) is 8.28. The second-order valence-electron chi connectivity index (χ2n) is 6.27. The predicted molar refractivity (Wildman–Crippen MR) is 106 cm³/mol. The molecule has 0 unspecified atom stereocenters. The van der Waals surface area contributed by atoms with Gasteiger partial charge in [-0.3, -0.25) is 9.36 Å². The van der Waals surface area contributed by atoms with Gasteiger partial charge in [0.15, 0.2) is 3.95 Å². The fraction of sp³-hybridized carbons (Fsp3) is 0.150. The van der Waals surface area contributed by atoms with E-state index in [1.807, 2.05) is 49.4 Å². The van der Waals surface area contributed by atoms with Crippen LogP contribution in [0.4, 0.5) is 0 Å². The van der Waals surface area contributed by atoms with Gasteiger partial charge in [-0.05, 0) is 49.0 Å². The second-order valence-corrected chi connectivity index (χ2v) is 7.91. The van der Waals surface area contributed by atoms with E-state index in [2.05, 4.69) is 4.99 Å². The number of aromatic hydroxyl groups is 1. The number of ether oxygens (including phenoxy) is 1. The lowest BCUT2D eigenvalue weighted by molar-refractivity contribution is -0.112. The Hall–Kier alpha value is -2.77. The summed E-state index contributed by atoms with van der Waals surface area (Å²) in [7, 11) is 1.61. The van der Waals surface area contributed by atoms with Gasteiger partial charge in [-0.25, -0.2) is 4.99 Å². The van der Waals surface area contributed by atoms with E-state index in [1.165, 1.54) is 11.3 Å². The molecule has 0 atom stereocenters. The summed E-state index contributed by atoms with van der Waals surface area (Å²) in [6, 6.07) is 13.2. The van der Waals surface area contributed by atoms with Crippen molar-refractivity contribution in [3.63, 3.8) is 0 Å². The summed E-state index contributed by atoms with van der Waals surface area (Å²) < 4.78 is 7.30. The Balaban J connectivity index is 1.82. The van der Waals surface area contributed by atoms with Crippen LogP contribution in [0.2, 0.25) is 0 Å². The molecule has 1 aliphatic rings. The number of thiazole rings is 1.